The molecule has 0 saturated heterocycles. The van der Waals surface area contributed by atoms with Gasteiger partial charge in [-0.25, -0.2) is 0 Å². The van der Waals surface area contributed by atoms with Crippen molar-refractivity contribution in [3.63, 3.8) is 0 Å². The van der Waals surface area contributed by atoms with Crippen LogP contribution in [0.5, 0.6) is 34.5 Å². The molecule has 9 atom stereocenters. The molecular formula is C57H77F3O6. The molecule has 9 heteroatoms. The van der Waals surface area contributed by atoms with Gasteiger partial charge in [-0.15, -0.1) is 0 Å². The summed E-state index contributed by atoms with van der Waals surface area (Å²) in [5, 5.41) is 0. The Kier molecular flexibility index (Phi) is 18.2. The van der Waals surface area contributed by atoms with Crippen LogP contribution in [0.3, 0.4) is 0 Å². The molecule has 9 rings (SSSR count). The maximum Gasteiger partial charge on any atom is 0.207 e. The Morgan fingerprint density at radius 3 is 1.26 bits per heavy atom. The number of unbranched alkanes of at least 4 members (excludes halogenated alkanes) is 4. The molecule has 3 fully saturated rings. The first-order valence-corrected chi connectivity index (χ1v) is 25.9. The topological polar surface area (TPSA) is 55.4 Å². The van der Waals surface area contributed by atoms with Crippen molar-refractivity contribution in [3.8, 4) is 34.5 Å². The first-order chi connectivity index (χ1) is 32.2. The van der Waals surface area contributed by atoms with Crippen LogP contribution < -0.4 is 28.4 Å². The SMILES string of the molecule is CCC/C=C/C1CC[C@H]2c3ccc(OCC)c(F)c3O[C@@H]2C1.CCC/C=C\C1CC[C@H]2c3ccc(OCC)c(F)c3OC2C1.CCCCC[C@@H]1CC[C@H]2c3ccc(OCC)c(F)c3OC2C1. The fourth-order valence-corrected chi connectivity index (χ4v) is 11.3. The van der Waals surface area contributed by atoms with E-state index in [1.807, 2.05) is 39.0 Å². The summed E-state index contributed by atoms with van der Waals surface area (Å²) >= 11 is 0. The zero-order valence-corrected chi connectivity index (χ0v) is 40.7. The lowest BCUT2D eigenvalue weighted by atomic mass is 9.76. The van der Waals surface area contributed by atoms with Crippen molar-refractivity contribution in [2.75, 3.05) is 19.8 Å². The van der Waals surface area contributed by atoms with Crippen molar-refractivity contribution in [2.24, 2.45) is 17.8 Å². The van der Waals surface area contributed by atoms with Crippen LogP contribution in [-0.4, -0.2) is 38.1 Å². The van der Waals surface area contributed by atoms with Crippen molar-refractivity contribution in [1.29, 1.82) is 0 Å². The van der Waals surface area contributed by atoms with E-state index in [4.69, 9.17) is 28.4 Å². The number of fused-ring (bicyclic) bond motifs is 9. The van der Waals surface area contributed by atoms with E-state index < -0.39 is 0 Å². The van der Waals surface area contributed by atoms with Gasteiger partial charge in [-0.05, 0) is 127 Å². The summed E-state index contributed by atoms with van der Waals surface area (Å²) in [5.41, 5.74) is 3.11. The Balaban J connectivity index is 0.000000147. The molecule has 3 aliphatic heterocycles. The lowest BCUT2D eigenvalue weighted by Crippen LogP contribution is -2.28. The van der Waals surface area contributed by atoms with Crippen LogP contribution in [0.2, 0.25) is 0 Å². The van der Waals surface area contributed by atoms with Gasteiger partial charge in [0.05, 0.1) is 19.8 Å². The van der Waals surface area contributed by atoms with Crippen LogP contribution >= 0.6 is 0 Å². The number of hydrogen-bond acceptors (Lipinski definition) is 6. The molecule has 3 aromatic carbocycles. The molecule has 362 valence electrons. The van der Waals surface area contributed by atoms with E-state index in [1.165, 1.54) is 57.8 Å². The molecule has 3 saturated carbocycles. The van der Waals surface area contributed by atoms with Crippen molar-refractivity contribution in [2.45, 2.75) is 187 Å². The molecule has 6 nitrogen and oxygen atoms in total. The highest BCUT2D eigenvalue weighted by Gasteiger charge is 2.43. The highest BCUT2D eigenvalue weighted by Crippen LogP contribution is 2.52. The van der Waals surface area contributed by atoms with Gasteiger partial charge >= 0.3 is 0 Å². The van der Waals surface area contributed by atoms with Gasteiger partial charge in [0, 0.05) is 34.4 Å². The minimum atomic E-state index is -0.327. The first kappa shape index (κ1) is 49.6. The highest BCUT2D eigenvalue weighted by molar-refractivity contribution is 5.50. The van der Waals surface area contributed by atoms with Crippen molar-refractivity contribution < 1.29 is 41.6 Å². The number of hydrogen-bond donors (Lipinski definition) is 0. The zero-order valence-electron chi connectivity index (χ0n) is 40.7. The summed E-state index contributed by atoms with van der Waals surface area (Å²) in [5.74, 6) is 4.22. The van der Waals surface area contributed by atoms with E-state index in [-0.39, 0.29) is 35.8 Å². The van der Waals surface area contributed by atoms with E-state index in [0.717, 1.165) is 74.0 Å². The van der Waals surface area contributed by atoms with Crippen LogP contribution in [0, 0.1) is 35.2 Å². The predicted molar refractivity (Wildman–Crippen MR) is 258 cm³/mol. The lowest BCUT2D eigenvalue weighted by Gasteiger charge is -2.30. The molecule has 4 unspecified atom stereocenters. The van der Waals surface area contributed by atoms with Gasteiger partial charge in [0.15, 0.2) is 34.5 Å². The van der Waals surface area contributed by atoms with Crippen LogP contribution in [0.4, 0.5) is 13.2 Å². The molecule has 0 amide bonds. The van der Waals surface area contributed by atoms with Gasteiger partial charge in [0.1, 0.15) is 18.3 Å². The molecule has 6 aliphatic rings. The lowest BCUT2D eigenvalue weighted by molar-refractivity contribution is 0.121. The Morgan fingerprint density at radius 1 is 0.485 bits per heavy atom. The molecule has 0 aromatic heterocycles. The smallest absolute Gasteiger partial charge is 0.207 e. The molecule has 66 heavy (non-hydrogen) atoms. The molecule has 0 radical (unpaired) electrons. The fourth-order valence-electron chi connectivity index (χ4n) is 11.3. The molecule has 0 spiro atoms. The molecular weight excluding hydrogens is 838 g/mol. The standard InChI is InChI=1S/C19H27FO2.2C19H25FO2/c3*1-3-5-6-7-13-8-9-14-15-10-11-16(21-4-2)18(20)19(15)22-17(14)12-13/h10-11,13-14,17H,3-9,12H2,1-2H3;2*6-7,10-11,13-14,17H,3-5,8-9,12H2,1-2H3/b;7-6+;7-6-/t13-,14+,17?;13?,14-,17+;13?,14-,17?/m100/s1. The number of ether oxygens (including phenoxy) is 6. The summed E-state index contributed by atoms with van der Waals surface area (Å²) < 4.78 is 77.4. The van der Waals surface area contributed by atoms with Crippen molar-refractivity contribution in [3.05, 3.63) is 94.8 Å². The Hall–Kier alpha value is -4.27. The quantitative estimate of drug-likeness (QED) is 0.105. The van der Waals surface area contributed by atoms with Gasteiger partial charge in [-0.3, -0.25) is 0 Å². The van der Waals surface area contributed by atoms with Gasteiger partial charge in [-0.2, -0.15) is 13.2 Å². The van der Waals surface area contributed by atoms with Crippen LogP contribution in [0.15, 0.2) is 60.7 Å². The third-order valence-corrected chi connectivity index (χ3v) is 14.7. The van der Waals surface area contributed by atoms with E-state index in [2.05, 4.69) is 45.1 Å². The largest absolute Gasteiger partial charge is 0.491 e. The Morgan fingerprint density at radius 2 is 0.879 bits per heavy atom. The normalized spacial score (nSPS) is 26.5. The third kappa shape index (κ3) is 11.5. The Labute approximate surface area is 394 Å². The van der Waals surface area contributed by atoms with Gasteiger partial charge in [-0.1, -0.05) is 102 Å². The summed E-state index contributed by atoms with van der Waals surface area (Å²) in [6.45, 7) is 13.6. The van der Waals surface area contributed by atoms with E-state index in [9.17, 15) is 13.2 Å². The molecule has 3 heterocycles. The number of halogens is 3. The molecule has 3 aromatic rings. The third-order valence-electron chi connectivity index (χ3n) is 14.7. The van der Waals surface area contributed by atoms with E-state index in [1.54, 1.807) is 18.2 Å². The average Bonchev–Trinajstić information content (AvgIpc) is 4.02. The molecule has 3 aliphatic carbocycles. The van der Waals surface area contributed by atoms with Crippen molar-refractivity contribution >= 4 is 0 Å². The average molecular weight is 915 g/mol. The van der Waals surface area contributed by atoms with Gasteiger partial charge in [0.2, 0.25) is 17.5 Å². The minimum absolute atomic E-state index is 0.117. The summed E-state index contributed by atoms with van der Waals surface area (Å²) in [7, 11) is 0. The second-order valence-electron chi connectivity index (χ2n) is 19.2. The zero-order chi connectivity index (χ0) is 46.6. The maximum absolute atomic E-state index is 14.5. The highest BCUT2D eigenvalue weighted by atomic mass is 19.1. The second-order valence-corrected chi connectivity index (χ2v) is 19.2. The predicted octanol–water partition coefficient (Wildman–Crippen LogP) is 15.9. The number of benzene rings is 3. The van der Waals surface area contributed by atoms with Gasteiger partial charge < -0.3 is 28.4 Å². The van der Waals surface area contributed by atoms with E-state index in [0.29, 0.717) is 83.9 Å². The second kappa shape index (κ2) is 24.1. The number of allylic oxidation sites excluding steroid dienone is 4. The summed E-state index contributed by atoms with van der Waals surface area (Å²) in [6, 6.07) is 11.2. The molecule has 0 bridgehead atoms. The molecule has 0 N–H and O–H groups in total. The van der Waals surface area contributed by atoms with Crippen LogP contribution in [-0.2, 0) is 0 Å². The maximum atomic E-state index is 14.5. The fraction of sp³-hybridized carbons (Fsp3) is 0.614. The first-order valence-electron chi connectivity index (χ1n) is 25.9. The minimum Gasteiger partial charge on any atom is -0.491 e. The van der Waals surface area contributed by atoms with Crippen LogP contribution in [0.1, 0.15) is 185 Å². The van der Waals surface area contributed by atoms with Crippen LogP contribution in [0.25, 0.3) is 0 Å². The monoisotopic (exact) mass is 915 g/mol. The summed E-state index contributed by atoms with van der Waals surface area (Å²) in [4.78, 5) is 0. The van der Waals surface area contributed by atoms with Crippen molar-refractivity contribution in [1.82, 2.24) is 0 Å². The Bertz CT molecular complexity index is 1980. The summed E-state index contributed by atoms with van der Waals surface area (Å²) in [6.07, 6.45) is 29.4. The van der Waals surface area contributed by atoms with E-state index >= 15 is 0 Å². The number of rotatable bonds is 16. The van der Waals surface area contributed by atoms with Gasteiger partial charge in [0.25, 0.3) is 0 Å².